The fourth-order valence-electron chi connectivity index (χ4n) is 5.34. The molecule has 0 aliphatic carbocycles. The van der Waals surface area contributed by atoms with Crippen LogP contribution < -0.4 is 9.47 Å². The SMILES string of the molecule is CN1CCN(Cc2ccc(N=C(c3ccc4c(c3)OCCO4)c3c(O)[nH]c4cc(C(=O)N(C)C)ccc34)cc2)CC1. The Kier molecular flexibility index (Phi) is 7.38. The van der Waals surface area contributed by atoms with Crippen LogP contribution in [0, 0.1) is 0 Å². The number of amides is 1. The first-order chi connectivity index (χ1) is 19.9. The molecule has 1 fully saturated rings. The Morgan fingerprint density at radius 2 is 1.63 bits per heavy atom. The summed E-state index contributed by atoms with van der Waals surface area (Å²) < 4.78 is 11.6. The number of fused-ring (bicyclic) bond motifs is 2. The van der Waals surface area contributed by atoms with Crippen LogP contribution in [0.1, 0.15) is 27.0 Å². The monoisotopic (exact) mass is 553 g/mol. The fraction of sp³-hybridized carbons (Fsp3) is 0.312. The summed E-state index contributed by atoms with van der Waals surface area (Å²) in [6.07, 6.45) is 0. The Hall–Kier alpha value is -4.34. The maximum Gasteiger partial charge on any atom is 0.253 e. The number of carbonyl (C=O) groups is 1. The molecule has 3 aromatic carbocycles. The van der Waals surface area contributed by atoms with E-state index in [1.165, 1.54) is 10.5 Å². The van der Waals surface area contributed by atoms with Gasteiger partial charge in [-0.05, 0) is 55.1 Å². The third kappa shape index (κ3) is 5.64. The summed E-state index contributed by atoms with van der Waals surface area (Å²) in [5.74, 6) is 1.19. The first-order valence-electron chi connectivity index (χ1n) is 13.9. The summed E-state index contributed by atoms with van der Waals surface area (Å²) >= 11 is 0. The third-order valence-electron chi connectivity index (χ3n) is 7.66. The highest BCUT2D eigenvalue weighted by atomic mass is 16.6. The van der Waals surface area contributed by atoms with Crippen LogP contribution in [-0.4, -0.2) is 96.9 Å². The number of benzene rings is 3. The quantitative estimate of drug-likeness (QED) is 0.347. The number of nitrogens with one attached hydrogen (secondary N) is 1. The van der Waals surface area contributed by atoms with Gasteiger partial charge in [-0.25, -0.2) is 4.99 Å². The largest absolute Gasteiger partial charge is 0.494 e. The highest BCUT2D eigenvalue weighted by Crippen LogP contribution is 2.36. The maximum absolute atomic E-state index is 12.6. The summed E-state index contributed by atoms with van der Waals surface area (Å²) in [4.78, 5) is 27.0. The molecule has 9 heteroatoms. The molecule has 3 heterocycles. The lowest BCUT2D eigenvalue weighted by Crippen LogP contribution is -2.43. The molecule has 2 N–H and O–H groups in total. The van der Waals surface area contributed by atoms with E-state index in [0.29, 0.717) is 47.1 Å². The van der Waals surface area contributed by atoms with Gasteiger partial charge in [-0.2, -0.15) is 0 Å². The van der Waals surface area contributed by atoms with Crippen LogP contribution in [0.25, 0.3) is 10.9 Å². The molecule has 0 saturated carbocycles. The van der Waals surface area contributed by atoms with Gasteiger partial charge in [0.25, 0.3) is 5.91 Å². The summed E-state index contributed by atoms with van der Waals surface area (Å²) in [7, 11) is 5.59. The molecule has 1 saturated heterocycles. The Morgan fingerprint density at radius 3 is 2.37 bits per heavy atom. The zero-order valence-corrected chi connectivity index (χ0v) is 23.7. The number of aliphatic imine (C=N–C) groups is 1. The Morgan fingerprint density at radius 1 is 0.927 bits per heavy atom. The number of H-pyrrole nitrogens is 1. The minimum atomic E-state index is -0.111. The molecule has 6 rings (SSSR count). The van der Waals surface area contributed by atoms with Crippen molar-refractivity contribution in [1.82, 2.24) is 19.7 Å². The minimum Gasteiger partial charge on any atom is -0.494 e. The lowest BCUT2D eigenvalue weighted by molar-refractivity contribution is 0.0827. The van der Waals surface area contributed by atoms with E-state index in [1.807, 2.05) is 36.4 Å². The van der Waals surface area contributed by atoms with Gasteiger partial charge in [0.05, 0.1) is 17.0 Å². The summed E-state index contributed by atoms with van der Waals surface area (Å²) in [5.41, 5.74) is 5.11. The maximum atomic E-state index is 12.6. The fourth-order valence-corrected chi connectivity index (χ4v) is 5.34. The van der Waals surface area contributed by atoms with Crippen LogP contribution in [0.3, 0.4) is 0 Å². The zero-order valence-electron chi connectivity index (χ0n) is 23.7. The summed E-state index contributed by atoms with van der Waals surface area (Å²) in [6, 6.07) is 19.4. The van der Waals surface area contributed by atoms with Gasteiger partial charge >= 0.3 is 0 Å². The highest BCUT2D eigenvalue weighted by molar-refractivity contribution is 6.22. The Labute approximate surface area is 239 Å². The number of nitrogens with zero attached hydrogens (tertiary/aromatic N) is 4. The molecule has 2 aliphatic rings. The first-order valence-corrected chi connectivity index (χ1v) is 13.9. The normalized spacial score (nSPS) is 16.2. The van der Waals surface area contributed by atoms with Crippen molar-refractivity contribution in [1.29, 1.82) is 0 Å². The highest BCUT2D eigenvalue weighted by Gasteiger charge is 2.22. The average molecular weight is 554 g/mol. The second-order valence-electron chi connectivity index (χ2n) is 10.9. The summed E-state index contributed by atoms with van der Waals surface area (Å²) in [5, 5.41) is 11.9. The zero-order chi connectivity index (χ0) is 28.5. The van der Waals surface area contributed by atoms with E-state index in [0.717, 1.165) is 49.4 Å². The lowest BCUT2D eigenvalue weighted by Gasteiger charge is -2.32. The molecule has 1 aromatic heterocycles. The van der Waals surface area contributed by atoms with Crippen molar-refractivity contribution in [2.24, 2.45) is 4.99 Å². The van der Waals surface area contributed by atoms with Crippen LogP contribution in [0.15, 0.2) is 65.7 Å². The van der Waals surface area contributed by atoms with E-state index in [-0.39, 0.29) is 11.8 Å². The second kappa shape index (κ2) is 11.3. The van der Waals surface area contributed by atoms with Gasteiger partial charge in [0, 0.05) is 68.8 Å². The minimum absolute atomic E-state index is 0.0187. The molecule has 0 spiro atoms. The first kappa shape index (κ1) is 26.9. The number of aromatic amines is 1. The third-order valence-corrected chi connectivity index (χ3v) is 7.66. The smallest absolute Gasteiger partial charge is 0.253 e. The van der Waals surface area contributed by atoms with Crippen molar-refractivity contribution < 1.29 is 19.4 Å². The van der Waals surface area contributed by atoms with Gasteiger partial charge in [-0.1, -0.05) is 18.2 Å². The number of rotatable bonds is 6. The van der Waals surface area contributed by atoms with E-state index in [4.69, 9.17) is 14.5 Å². The van der Waals surface area contributed by atoms with Gasteiger partial charge in [0.15, 0.2) is 17.4 Å². The van der Waals surface area contributed by atoms with E-state index in [2.05, 4.69) is 34.0 Å². The van der Waals surface area contributed by atoms with Crippen molar-refractivity contribution in [3.05, 3.63) is 82.9 Å². The topological polar surface area (TPSA) is 93.6 Å². The second-order valence-corrected chi connectivity index (χ2v) is 10.9. The van der Waals surface area contributed by atoms with Crippen LogP contribution in [0.2, 0.25) is 0 Å². The molecule has 4 aromatic rings. The molecule has 0 atom stereocenters. The van der Waals surface area contributed by atoms with Gasteiger partial charge in [0.2, 0.25) is 0 Å². The van der Waals surface area contributed by atoms with Gasteiger partial charge in [-0.15, -0.1) is 0 Å². The van der Waals surface area contributed by atoms with Crippen molar-refractivity contribution in [3.63, 3.8) is 0 Å². The molecular weight excluding hydrogens is 518 g/mol. The average Bonchev–Trinajstić information content (AvgIpc) is 3.31. The number of likely N-dealkylation sites (N-methyl/N-ethyl adjacent to an activating group) is 1. The molecule has 212 valence electrons. The molecular formula is C32H35N5O4. The Bertz CT molecular complexity index is 1600. The van der Waals surface area contributed by atoms with E-state index < -0.39 is 0 Å². The Balaban J connectivity index is 1.39. The molecule has 2 aliphatic heterocycles. The number of carbonyl (C=O) groups excluding carboxylic acids is 1. The van der Waals surface area contributed by atoms with E-state index >= 15 is 0 Å². The van der Waals surface area contributed by atoms with Gasteiger partial charge < -0.3 is 29.4 Å². The number of piperazine rings is 1. The molecule has 41 heavy (non-hydrogen) atoms. The van der Waals surface area contributed by atoms with Crippen molar-refractivity contribution in [2.45, 2.75) is 6.54 Å². The predicted molar refractivity (Wildman–Crippen MR) is 160 cm³/mol. The number of ether oxygens (including phenoxy) is 2. The van der Waals surface area contributed by atoms with Crippen molar-refractivity contribution in [3.8, 4) is 17.4 Å². The predicted octanol–water partition coefficient (Wildman–Crippen LogP) is 4.26. The van der Waals surface area contributed by atoms with Crippen LogP contribution in [0.5, 0.6) is 17.4 Å². The number of hydrogen-bond donors (Lipinski definition) is 2. The standard InChI is InChI=1S/C32H35N5O4/c1-35(2)32(39)23-6-10-25-26(18-23)34-31(38)29(25)30(22-7-11-27-28(19-22)41-17-16-40-27)33-24-8-4-21(5-9-24)20-37-14-12-36(3)13-15-37/h4-11,18-19,34,38H,12-17,20H2,1-3H3. The molecule has 0 unspecified atom stereocenters. The lowest BCUT2D eigenvalue weighted by atomic mass is 9.99. The van der Waals surface area contributed by atoms with E-state index in [9.17, 15) is 9.90 Å². The van der Waals surface area contributed by atoms with Gasteiger partial charge in [0.1, 0.15) is 13.2 Å². The van der Waals surface area contributed by atoms with Crippen molar-refractivity contribution in [2.75, 3.05) is 60.5 Å². The number of aromatic nitrogens is 1. The molecule has 0 bridgehead atoms. The van der Waals surface area contributed by atoms with E-state index in [1.54, 1.807) is 26.2 Å². The van der Waals surface area contributed by atoms with Crippen molar-refractivity contribution >= 4 is 28.2 Å². The molecule has 0 radical (unpaired) electrons. The molecule has 9 nitrogen and oxygen atoms in total. The molecule has 1 amide bonds. The number of hydrogen-bond acceptors (Lipinski definition) is 7. The van der Waals surface area contributed by atoms with Crippen LogP contribution in [0.4, 0.5) is 5.69 Å². The van der Waals surface area contributed by atoms with Crippen LogP contribution in [-0.2, 0) is 6.54 Å². The summed E-state index contributed by atoms with van der Waals surface area (Å²) in [6.45, 7) is 6.17. The van der Waals surface area contributed by atoms with Crippen LogP contribution >= 0.6 is 0 Å². The number of aromatic hydroxyl groups is 1. The van der Waals surface area contributed by atoms with Gasteiger partial charge in [-0.3, -0.25) is 9.69 Å².